The molecule has 0 spiro atoms. The zero-order valence-corrected chi connectivity index (χ0v) is 11.6. The number of benzene rings is 1. The van der Waals surface area contributed by atoms with Crippen LogP contribution in [0.2, 0.25) is 0 Å². The lowest BCUT2D eigenvalue weighted by atomic mass is 9.99. The van der Waals surface area contributed by atoms with Gasteiger partial charge >= 0.3 is 0 Å². The van der Waals surface area contributed by atoms with Crippen molar-refractivity contribution >= 4 is 5.91 Å². The maximum atomic E-state index is 12.2. The van der Waals surface area contributed by atoms with Gasteiger partial charge in [0.15, 0.2) is 0 Å². The van der Waals surface area contributed by atoms with Gasteiger partial charge in [0.25, 0.3) is 0 Å². The lowest BCUT2D eigenvalue weighted by molar-refractivity contribution is -0.123. The van der Waals surface area contributed by atoms with Gasteiger partial charge in [0.2, 0.25) is 5.91 Å². The second kappa shape index (κ2) is 6.57. The SMILES string of the molecule is COc1cccc(C(C)C(=O)NC2CCCNC2)c1. The highest BCUT2D eigenvalue weighted by Gasteiger charge is 2.20. The second-order valence-corrected chi connectivity index (χ2v) is 5.05. The Morgan fingerprint density at radius 1 is 1.53 bits per heavy atom. The molecule has 104 valence electrons. The molecule has 2 N–H and O–H groups in total. The largest absolute Gasteiger partial charge is 0.497 e. The molecule has 1 aliphatic rings. The van der Waals surface area contributed by atoms with E-state index in [2.05, 4.69) is 10.6 Å². The van der Waals surface area contributed by atoms with Crippen LogP contribution in [0.4, 0.5) is 0 Å². The summed E-state index contributed by atoms with van der Waals surface area (Å²) < 4.78 is 5.19. The Labute approximate surface area is 114 Å². The smallest absolute Gasteiger partial charge is 0.227 e. The van der Waals surface area contributed by atoms with Crippen molar-refractivity contribution in [3.63, 3.8) is 0 Å². The molecule has 1 amide bonds. The van der Waals surface area contributed by atoms with E-state index in [4.69, 9.17) is 4.74 Å². The molecule has 1 aromatic carbocycles. The molecule has 2 atom stereocenters. The first-order valence-electron chi connectivity index (χ1n) is 6.85. The summed E-state index contributed by atoms with van der Waals surface area (Å²) >= 11 is 0. The summed E-state index contributed by atoms with van der Waals surface area (Å²) in [7, 11) is 1.64. The molecule has 2 unspecified atom stereocenters. The fourth-order valence-corrected chi connectivity index (χ4v) is 2.36. The first-order chi connectivity index (χ1) is 9.20. The van der Waals surface area contributed by atoms with Crippen molar-refractivity contribution in [3.8, 4) is 5.75 Å². The summed E-state index contributed by atoms with van der Waals surface area (Å²) in [5.74, 6) is 0.718. The van der Waals surface area contributed by atoms with Crippen LogP contribution >= 0.6 is 0 Å². The fourth-order valence-electron chi connectivity index (χ4n) is 2.36. The van der Waals surface area contributed by atoms with Crippen LogP contribution in [0.25, 0.3) is 0 Å². The van der Waals surface area contributed by atoms with Crippen LogP contribution < -0.4 is 15.4 Å². The molecule has 0 saturated carbocycles. The van der Waals surface area contributed by atoms with Crippen LogP contribution in [0, 0.1) is 0 Å². The Balaban J connectivity index is 1.97. The van der Waals surface area contributed by atoms with Gasteiger partial charge in [-0.1, -0.05) is 12.1 Å². The predicted molar refractivity (Wildman–Crippen MR) is 75.4 cm³/mol. The molecule has 1 fully saturated rings. The standard InChI is InChI=1S/C15H22N2O2/c1-11(12-5-3-7-14(9-12)19-2)15(18)17-13-6-4-8-16-10-13/h3,5,7,9,11,13,16H,4,6,8,10H2,1-2H3,(H,17,18). The second-order valence-electron chi connectivity index (χ2n) is 5.05. The van der Waals surface area contributed by atoms with Crippen LogP contribution in [0.15, 0.2) is 24.3 Å². The number of methoxy groups -OCH3 is 1. The van der Waals surface area contributed by atoms with E-state index in [9.17, 15) is 4.79 Å². The summed E-state index contributed by atoms with van der Waals surface area (Å²) in [5.41, 5.74) is 0.987. The minimum Gasteiger partial charge on any atom is -0.497 e. The Hall–Kier alpha value is -1.55. The van der Waals surface area contributed by atoms with Crippen molar-refractivity contribution in [2.75, 3.05) is 20.2 Å². The average Bonchev–Trinajstić information content (AvgIpc) is 2.47. The molecule has 0 bridgehead atoms. The summed E-state index contributed by atoms with van der Waals surface area (Å²) in [5, 5.41) is 6.41. The highest BCUT2D eigenvalue weighted by molar-refractivity contribution is 5.83. The van der Waals surface area contributed by atoms with E-state index >= 15 is 0 Å². The zero-order valence-electron chi connectivity index (χ0n) is 11.6. The van der Waals surface area contributed by atoms with Crippen LogP contribution in [-0.4, -0.2) is 32.1 Å². The van der Waals surface area contributed by atoms with Crippen LogP contribution in [0.5, 0.6) is 5.75 Å². The van der Waals surface area contributed by atoms with Crippen molar-refractivity contribution in [2.45, 2.75) is 31.7 Å². The topological polar surface area (TPSA) is 50.4 Å². The Morgan fingerprint density at radius 2 is 2.37 bits per heavy atom. The van der Waals surface area contributed by atoms with Crippen molar-refractivity contribution in [1.29, 1.82) is 0 Å². The molecule has 4 nitrogen and oxygen atoms in total. The first-order valence-corrected chi connectivity index (χ1v) is 6.85. The third-order valence-electron chi connectivity index (χ3n) is 3.63. The van der Waals surface area contributed by atoms with Gasteiger partial charge in [-0.05, 0) is 44.0 Å². The number of hydrogen-bond donors (Lipinski definition) is 2. The quantitative estimate of drug-likeness (QED) is 0.868. The average molecular weight is 262 g/mol. The van der Waals surface area contributed by atoms with Crippen LogP contribution in [0.3, 0.4) is 0 Å². The zero-order chi connectivity index (χ0) is 13.7. The molecule has 0 radical (unpaired) electrons. The van der Waals surface area contributed by atoms with Gasteiger partial charge in [0, 0.05) is 12.6 Å². The van der Waals surface area contributed by atoms with E-state index in [-0.39, 0.29) is 17.9 Å². The van der Waals surface area contributed by atoms with Gasteiger partial charge in [-0.2, -0.15) is 0 Å². The third-order valence-corrected chi connectivity index (χ3v) is 3.63. The van der Waals surface area contributed by atoms with Gasteiger partial charge in [-0.3, -0.25) is 4.79 Å². The summed E-state index contributed by atoms with van der Waals surface area (Å²) in [4.78, 5) is 12.2. The van der Waals surface area contributed by atoms with E-state index in [1.165, 1.54) is 0 Å². The highest BCUT2D eigenvalue weighted by Crippen LogP contribution is 2.21. The van der Waals surface area contributed by atoms with Gasteiger partial charge < -0.3 is 15.4 Å². The molecule has 1 saturated heterocycles. The van der Waals surface area contributed by atoms with Gasteiger partial charge in [-0.25, -0.2) is 0 Å². The van der Waals surface area contributed by atoms with E-state index in [1.807, 2.05) is 31.2 Å². The van der Waals surface area contributed by atoms with E-state index in [0.29, 0.717) is 0 Å². The number of carbonyl (C=O) groups excluding carboxylic acids is 1. The molecule has 2 rings (SSSR count). The lowest BCUT2D eigenvalue weighted by Gasteiger charge is -2.25. The number of ether oxygens (including phenoxy) is 1. The van der Waals surface area contributed by atoms with Crippen LogP contribution in [0.1, 0.15) is 31.2 Å². The highest BCUT2D eigenvalue weighted by atomic mass is 16.5. The molecule has 1 aromatic rings. The van der Waals surface area contributed by atoms with Crippen molar-refractivity contribution in [2.24, 2.45) is 0 Å². The molecular formula is C15H22N2O2. The molecule has 0 aromatic heterocycles. The molecule has 4 heteroatoms. The van der Waals surface area contributed by atoms with Gasteiger partial charge in [0.05, 0.1) is 13.0 Å². The fraction of sp³-hybridized carbons (Fsp3) is 0.533. The number of amides is 1. The maximum absolute atomic E-state index is 12.2. The molecular weight excluding hydrogens is 240 g/mol. The van der Waals surface area contributed by atoms with Crippen molar-refractivity contribution in [3.05, 3.63) is 29.8 Å². The van der Waals surface area contributed by atoms with Crippen molar-refractivity contribution < 1.29 is 9.53 Å². The number of rotatable bonds is 4. The minimum atomic E-state index is -0.156. The summed E-state index contributed by atoms with van der Waals surface area (Å²) in [6, 6.07) is 7.95. The van der Waals surface area contributed by atoms with Crippen LogP contribution in [-0.2, 0) is 4.79 Å². The van der Waals surface area contributed by atoms with E-state index in [1.54, 1.807) is 7.11 Å². The van der Waals surface area contributed by atoms with E-state index in [0.717, 1.165) is 37.2 Å². The summed E-state index contributed by atoms with van der Waals surface area (Å²) in [6.45, 7) is 3.86. The lowest BCUT2D eigenvalue weighted by Crippen LogP contribution is -2.46. The number of carbonyl (C=O) groups is 1. The number of hydrogen-bond acceptors (Lipinski definition) is 3. The molecule has 1 heterocycles. The maximum Gasteiger partial charge on any atom is 0.227 e. The number of piperidine rings is 1. The Morgan fingerprint density at radius 3 is 3.05 bits per heavy atom. The predicted octanol–water partition coefficient (Wildman–Crippen LogP) is 1.67. The van der Waals surface area contributed by atoms with Crippen molar-refractivity contribution in [1.82, 2.24) is 10.6 Å². The molecule has 0 aliphatic carbocycles. The Bertz CT molecular complexity index is 428. The molecule has 1 aliphatic heterocycles. The number of nitrogens with one attached hydrogen (secondary N) is 2. The normalized spacial score (nSPS) is 20.6. The third kappa shape index (κ3) is 3.70. The summed E-state index contributed by atoms with van der Waals surface area (Å²) in [6.07, 6.45) is 2.18. The monoisotopic (exact) mass is 262 g/mol. The van der Waals surface area contributed by atoms with E-state index < -0.39 is 0 Å². The van der Waals surface area contributed by atoms with Gasteiger partial charge in [-0.15, -0.1) is 0 Å². The Kier molecular flexibility index (Phi) is 4.80. The molecule has 19 heavy (non-hydrogen) atoms. The minimum absolute atomic E-state index is 0.0851. The van der Waals surface area contributed by atoms with Gasteiger partial charge in [0.1, 0.15) is 5.75 Å². The first kappa shape index (κ1) is 13.9.